The van der Waals surface area contributed by atoms with Crippen LogP contribution in [0, 0.1) is 0 Å². The van der Waals surface area contributed by atoms with Crippen molar-refractivity contribution in [2.75, 3.05) is 5.32 Å². The van der Waals surface area contributed by atoms with E-state index in [-0.39, 0.29) is 5.56 Å². The molecule has 3 rings (SSSR count). The molecule has 2 aromatic carbocycles. The Hall–Kier alpha value is -2.82. The Morgan fingerprint density at radius 1 is 1.26 bits per heavy atom. The van der Waals surface area contributed by atoms with Gasteiger partial charge in [0.05, 0.1) is 16.6 Å². The molecule has 0 fully saturated rings. The van der Waals surface area contributed by atoms with Gasteiger partial charge in [-0.05, 0) is 42.7 Å². The minimum Gasteiger partial charge on any atom is -0.478 e. The van der Waals surface area contributed by atoms with Crippen LogP contribution in [0.25, 0.3) is 11.0 Å². The number of nitrogens with zero attached hydrogens (tertiary/aromatic N) is 1. The van der Waals surface area contributed by atoms with Crippen LogP contribution in [-0.2, 0) is 6.42 Å². The zero-order valence-electron chi connectivity index (χ0n) is 13.0. The van der Waals surface area contributed by atoms with E-state index in [4.69, 9.17) is 5.11 Å². The Balaban J connectivity index is 1.88. The predicted molar refractivity (Wildman–Crippen MR) is 91.4 cm³/mol. The first-order chi connectivity index (χ1) is 11.2. The second-order valence-electron chi connectivity index (χ2n) is 5.51. The number of carbonyl (C=O) groups is 1. The summed E-state index contributed by atoms with van der Waals surface area (Å²) in [7, 11) is 0. The lowest BCUT2D eigenvalue weighted by Crippen LogP contribution is -1.97. The van der Waals surface area contributed by atoms with E-state index < -0.39 is 5.97 Å². The summed E-state index contributed by atoms with van der Waals surface area (Å²) in [6.45, 7) is 2.18. The molecule has 0 aliphatic rings. The number of carboxylic acid groups (broad SMARTS) is 1. The third kappa shape index (κ3) is 3.34. The van der Waals surface area contributed by atoms with Crippen molar-refractivity contribution in [3.05, 3.63) is 53.6 Å². The van der Waals surface area contributed by atoms with Crippen LogP contribution in [0.15, 0.2) is 42.5 Å². The molecule has 23 heavy (non-hydrogen) atoms. The summed E-state index contributed by atoms with van der Waals surface area (Å²) in [6.07, 6.45) is 3.31. The molecule has 0 unspecified atom stereocenters. The number of anilines is 2. The predicted octanol–water partition coefficient (Wildman–Crippen LogP) is 4.35. The number of nitrogens with one attached hydrogen (secondary N) is 2. The highest BCUT2D eigenvalue weighted by molar-refractivity contribution is 5.92. The number of imidazole rings is 1. The summed E-state index contributed by atoms with van der Waals surface area (Å²) in [4.78, 5) is 18.6. The van der Waals surface area contributed by atoms with Crippen molar-refractivity contribution < 1.29 is 9.90 Å². The van der Waals surface area contributed by atoms with Gasteiger partial charge >= 0.3 is 5.97 Å². The monoisotopic (exact) mass is 309 g/mol. The summed E-state index contributed by atoms with van der Waals surface area (Å²) in [5.74, 6) is -0.326. The molecule has 0 bridgehead atoms. The third-order valence-corrected chi connectivity index (χ3v) is 3.80. The minimum absolute atomic E-state index is 0.246. The van der Waals surface area contributed by atoms with E-state index in [1.54, 1.807) is 18.2 Å². The zero-order valence-corrected chi connectivity index (χ0v) is 13.0. The van der Waals surface area contributed by atoms with Crippen LogP contribution in [0.1, 0.15) is 35.7 Å². The SMILES string of the molecule is CCCCc1ccccc1Nc1nc2ccc(C(=O)O)cc2[nH]1. The number of hydrogen-bond acceptors (Lipinski definition) is 3. The summed E-state index contributed by atoms with van der Waals surface area (Å²) < 4.78 is 0. The van der Waals surface area contributed by atoms with Crippen LogP contribution in [0.4, 0.5) is 11.6 Å². The Kier molecular flexibility index (Phi) is 4.28. The first-order valence-corrected chi connectivity index (χ1v) is 7.75. The standard InChI is InChI=1S/C18H19N3O2/c1-2-3-6-12-7-4-5-8-14(12)19-18-20-15-10-9-13(17(22)23)11-16(15)21-18/h4-5,7-11H,2-3,6H2,1H3,(H,22,23)(H2,19,20,21). The molecule has 118 valence electrons. The van der Waals surface area contributed by atoms with Gasteiger partial charge in [-0.25, -0.2) is 9.78 Å². The van der Waals surface area contributed by atoms with Gasteiger partial charge in [0.15, 0.2) is 0 Å². The average molecular weight is 309 g/mol. The Morgan fingerprint density at radius 2 is 2.09 bits per heavy atom. The van der Waals surface area contributed by atoms with Gasteiger partial charge in [0.25, 0.3) is 0 Å². The molecule has 1 heterocycles. The number of aryl methyl sites for hydroxylation is 1. The highest BCUT2D eigenvalue weighted by atomic mass is 16.4. The first kappa shape index (κ1) is 15.1. The number of unbranched alkanes of at least 4 members (excludes halogenated alkanes) is 1. The highest BCUT2D eigenvalue weighted by Gasteiger charge is 2.09. The second kappa shape index (κ2) is 6.52. The molecular formula is C18H19N3O2. The van der Waals surface area contributed by atoms with Gasteiger partial charge in [0.2, 0.25) is 5.95 Å². The topological polar surface area (TPSA) is 78.0 Å². The molecule has 0 spiro atoms. The van der Waals surface area contributed by atoms with E-state index in [2.05, 4.69) is 28.3 Å². The largest absolute Gasteiger partial charge is 0.478 e. The fourth-order valence-electron chi connectivity index (χ4n) is 2.56. The molecule has 3 N–H and O–H groups in total. The van der Waals surface area contributed by atoms with Gasteiger partial charge in [0.1, 0.15) is 0 Å². The number of aromatic amines is 1. The molecule has 0 radical (unpaired) electrons. The average Bonchev–Trinajstić information content (AvgIpc) is 2.95. The van der Waals surface area contributed by atoms with E-state index >= 15 is 0 Å². The zero-order chi connectivity index (χ0) is 16.2. The summed E-state index contributed by atoms with van der Waals surface area (Å²) >= 11 is 0. The van der Waals surface area contributed by atoms with Gasteiger partial charge in [-0.15, -0.1) is 0 Å². The summed E-state index contributed by atoms with van der Waals surface area (Å²) in [5, 5.41) is 12.4. The van der Waals surface area contributed by atoms with Crippen LogP contribution in [-0.4, -0.2) is 21.0 Å². The number of carboxylic acids is 1. The first-order valence-electron chi connectivity index (χ1n) is 7.75. The maximum atomic E-state index is 11.0. The van der Waals surface area contributed by atoms with Crippen molar-refractivity contribution in [1.29, 1.82) is 0 Å². The van der Waals surface area contributed by atoms with Gasteiger partial charge in [0, 0.05) is 5.69 Å². The molecule has 0 aliphatic heterocycles. The number of fused-ring (bicyclic) bond motifs is 1. The number of hydrogen-bond donors (Lipinski definition) is 3. The van der Waals surface area contributed by atoms with Gasteiger partial charge in [-0.2, -0.15) is 0 Å². The fourth-order valence-corrected chi connectivity index (χ4v) is 2.56. The molecule has 5 heteroatoms. The number of benzene rings is 2. The molecule has 0 aliphatic carbocycles. The van der Waals surface area contributed by atoms with Crippen molar-refractivity contribution in [2.45, 2.75) is 26.2 Å². The number of para-hydroxylation sites is 1. The molecule has 0 amide bonds. The summed E-state index contributed by atoms with van der Waals surface area (Å²) in [6, 6.07) is 13.0. The lowest BCUT2D eigenvalue weighted by atomic mass is 10.1. The van der Waals surface area contributed by atoms with Crippen molar-refractivity contribution in [2.24, 2.45) is 0 Å². The number of rotatable bonds is 6. The smallest absolute Gasteiger partial charge is 0.335 e. The van der Waals surface area contributed by atoms with E-state index in [1.165, 1.54) is 5.56 Å². The number of aromatic carboxylic acids is 1. The van der Waals surface area contributed by atoms with Crippen LogP contribution >= 0.6 is 0 Å². The number of aromatic nitrogens is 2. The van der Waals surface area contributed by atoms with Gasteiger partial charge in [-0.3, -0.25) is 0 Å². The third-order valence-electron chi connectivity index (χ3n) is 3.80. The Labute approximate surface area is 134 Å². The molecule has 0 atom stereocenters. The molecule has 0 saturated carbocycles. The van der Waals surface area contributed by atoms with Gasteiger partial charge < -0.3 is 15.4 Å². The molecular weight excluding hydrogens is 290 g/mol. The molecule has 5 nitrogen and oxygen atoms in total. The van der Waals surface area contributed by atoms with E-state index in [1.807, 2.05) is 18.2 Å². The normalized spacial score (nSPS) is 10.8. The van der Waals surface area contributed by atoms with E-state index in [9.17, 15) is 4.79 Å². The number of H-pyrrole nitrogens is 1. The van der Waals surface area contributed by atoms with Crippen LogP contribution in [0.3, 0.4) is 0 Å². The quantitative estimate of drug-likeness (QED) is 0.632. The fraction of sp³-hybridized carbons (Fsp3) is 0.222. The maximum Gasteiger partial charge on any atom is 0.335 e. The Bertz CT molecular complexity index is 839. The second-order valence-corrected chi connectivity index (χ2v) is 5.51. The van der Waals surface area contributed by atoms with Gasteiger partial charge in [-0.1, -0.05) is 31.5 Å². The van der Waals surface area contributed by atoms with E-state index in [0.29, 0.717) is 11.5 Å². The minimum atomic E-state index is -0.944. The van der Waals surface area contributed by atoms with Crippen LogP contribution in [0.2, 0.25) is 0 Å². The van der Waals surface area contributed by atoms with Crippen molar-refractivity contribution in [3.63, 3.8) is 0 Å². The van der Waals surface area contributed by atoms with E-state index in [0.717, 1.165) is 30.5 Å². The Morgan fingerprint density at radius 3 is 2.87 bits per heavy atom. The molecule has 3 aromatic rings. The van der Waals surface area contributed by atoms with Crippen molar-refractivity contribution in [1.82, 2.24) is 9.97 Å². The lowest BCUT2D eigenvalue weighted by Gasteiger charge is -2.09. The van der Waals surface area contributed by atoms with Crippen LogP contribution in [0.5, 0.6) is 0 Å². The van der Waals surface area contributed by atoms with Crippen molar-refractivity contribution >= 4 is 28.6 Å². The molecule has 0 saturated heterocycles. The van der Waals surface area contributed by atoms with Crippen LogP contribution < -0.4 is 5.32 Å². The summed E-state index contributed by atoms with van der Waals surface area (Å²) in [5.41, 5.74) is 3.97. The molecule has 1 aromatic heterocycles. The lowest BCUT2D eigenvalue weighted by molar-refractivity contribution is 0.0697. The highest BCUT2D eigenvalue weighted by Crippen LogP contribution is 2.23. The maximum absolute atomic E-state index is 11.0. The van der Waals surface area contributed by atoms with Crippen molar-refractivity contribution in [3.8, 4) is 0 Å².